The molecule has 0 amide bonds. The third-order valence-corrected chi connectivity index (χ3v) is 5.04. The highest BCUT2D eigenvalue weighted by atomic mass is 16.5. The summed E-state index contributed by atoms with van der Waals surface area (Å²) in [6.45, 7) is 4.66. The number of hydrogen-bond donors (Lipinski definition) is 0. The zero-order chi connectivity index (χ0) is 14.4. The lowest BCUT2D eigenvalue weighted by molar-refractivity contribution is -0.146. The molecule has 2 fully saturated rings. The molecule has 2 aromatic rings. The number of carbonyl (C=O) groups excluding carboxylic acids is 1. The third kappa shape index (κ3) is 1.90. The van der Waals surface area contributed by atoms with E-state index in [0.29, 0.717) is 12.5 Å². The molecule has 1 heterocycles. The van der Waals surface area contributed by atoms with E-state index < -0.39 is 0 Å². The molecule has 2 aromatic carbocycles. The van der Waals surface area contributed by atoms with E-state index in [2.05, 4.69) is 43.0 Å². The fraction of sp³-hybridized carbons (Fsp3) is 0.316. The van der Waals surface area contributed by atoms with Crippen molar-refractivity contribution in [1.29, 1.82) is 0 Å². The van der Waals surface area contributed by atoms with Gasteiger partial charge in [0, 0.05) is 5.92 Å². The first kappa shape index (κ1) is 12.6. The van der Waals surface area contributed by atoms with E-state index >= 15 is 0 Å². The molecule has 4 rings (SSSR count). The van der Waals surface area contributed by atoms with Crippen LogP contribution in [0.5, 0.6) is 0 Å². The lowest BCUT2D eigenvalue weighted by Gasteiger charge is -2.24. The lowest BCUT2D eigenvalue weighted by atomic mass is 9.75. The monoisotopic (exact) mass is 278 g/mol. The number of carbonyl (C=O) groups is 1. The van der Waals surface area contributed by atoms with Crippen LogP contribution in [0.1, 0.15) is 18.4 Å². The minimum absolute atomic E-state index is 0.0284. The summed E-state index contributed by atoms with van der Waals surface area (Å²) in [4.78, 5) is 12.3. The number of cyclic esters (lactones) is 1. The zero-order valence-electron chi connectivity index (χ0n) is 12.0. The minimum atomic E-state index is -0.362. The maximum Gasteiger partial charge on any atom is 0.313 e. The maximum atomic E-state index is 12.3. The number of ether oxygens (including phenoxy) is 1. The van der Waals surface area contributed by atoms with Crippen LogP contribution in [0.15, 0.2) is 54.6 Å². The highest BCUT2D eigenvalue weighted by Crippen LogP contribution is 2.52. The molecule has 2 aliphatic rings. The number of hydrogen-bond acceptors (Lipinski definition) is 2. The van der Waals surface area contributed by atoms with Gasteiger partial charge in [-0.15, -0.1) is 0 Å². The minimum Gasteiger partial charge on any atom is -0.465 e. The Balaban J connectivity index is 1.73. The molecule has 0 bridgehead atoms. The first-order valence-electron chi connectivity index (χ1n) is 7.49. The Hall–Kier alpha value is -2.09. The molecule has 2 atom stereocenters. The van der Waals surface area contributed by atoms with Crippen molar-refractivity contribution in [2.45, 2.75) is 19.3 Å². The molecule has 0 aromatic heterocycles. The molecule has 2 nitrogen and oxygen atoms in total. The number of allylic oxidation sites excluding steroid dienone is 1. The normalized spacial score (nSPS) is 27.9. The van der Waals surface area contributed by atoms with Gasteiger partial charge in [-0.05, 0) is 35.6 Å². The van der Waals surface area contributed by atoms with Crippen molar-refractivity contribution >= 4 is 16.7 Å². The summed E-state index contributed by atoms with van der Waals surface area (Å²) < 4.78 is 5.35. The first-order valence-corrected chi connectivity index (χ1v) is 7.49. The van der Waals surface area contributed by atoms with Gasteiger partial charge in [0.2, 0.25) is 0 Å². The lowest BCUT2D eigenvalue weighted by Crippen LogP contribution is -2.31. The predicted octanol–water partition coefficient (Wildman–Crippen LogP) is 3.89. The average Bonchev–Trinajstić information content (AvgIpc) is 2.94. The van der Waals surface area contributed by atoms with E-state index in [4.69, 9.17) is 4.74 Å². The molecular formula is C19H18O2. The fourth-order valence-corrected chi connectivity index (χ4v) is 3.98. The SMILES string of the molecule is C=C1C[C@H]2COC(=O)C2(Cc2ccc3ccccc3c2)C1. The summed E-state index contributed by atoms with van der Waals surface area (Å²) in [5.74, 6) is 0.281. The van der Waals surface area contributed by atoms with Crippen LogP contribution in [0, 0.1) is 11.3 Å². The Labute approximate surface area is 124 Å². The van der Waals surface area contributed by atoms with Gasteiger partial charge in [0.05, 0.1) is 12.0 Å². The molecule has 0 radical (unpaired) electrons. The number of benzene rings is 2. The van der Waals surface area contributed by atoms with Gasteiger partial charge >= 0.3 is 5.97 Å². The Kier molecular flexibility index (Phi) is 2.68. The smallest absolute Gasteiger partial charge is 0.313 e. The van der Waals surface area contributed by atoms with Crippen molar-refractivity contribution in [3.05, 3.63) is 60.2 Å². The summed E-state index contributed by atoms with van der Waals surface area (Å²) in [6, 6.07) is 14.8. The van der Waals surface area contributed by atoms with E-state index in [0.717, 1.165) is 19.3 Å². The van der Waals surface area contributed by atoms with E-state index in [1.807, 2.05) is 6.07 Å². The molecule has 1 saturated carbocycles. The van der Waals surface area contributed by atoms with Crippen molar-refractivity contribution < 1.29 is 9.53 Å². The molecule has 2 heteroatoms. The van der Waals surface area contributed by atoms with Gasteiger partial charge < -0.3 is 4.74 Å². The average molecular weight is 278 g/mol. The van der Waals surface area contributed by atoms with Crippen molar-refractivity contribution in [1.82, 2.24) is 0 Å². The van der Waals surface area contributed by atoms with Gasteiger partial charge in [0.25, 0.3) is 0 Å². The summed E-state index contributed by atoms with van der Waals surface area (Å²) in [6.07, 6.45) is 2.48. The van der Waals surface area contributed by atoms with E-state index in [-0.39, 0.29) is 11.4 Å². The number of rotatable bonds is 2. The van der Waals surface area contributed by atoms with Crippen LogP contribution in [0.3, 0.4) is 0 Å². The van der Waals surface area contributed by atoms with Crippen LogP contribution < -0.4 is 0 Å². The summed E-state index contributed by atoms with van der Waals surface area (Å²) in [5.41, 5.74) is 2.05. The van der Waals surface area contributed by atoms with Crippen molar-refractivity contribution in [3.63, 3.8) is 0 Å². The van der Waals surface area contributed by atoms with Gasteiger partial charge in [-0.3, -0.25) is 4.79 Å². The molecule has 0 spiro atoms. The molecule has 106 valence electrons. The van der Waals surface area contributed by atoms with Gasteiger partial charge in [0.1, 0.15) is 0 Å². The third-order valence-electron chi connectivity index (χ3n) is 5.04. The molecular weight excluding hydrogens is 260 g/mol. The van der Waals surface area contributed by atoms with E-state index in [9.17, 15) is 4.79 Å². The number of esters is 1. The van der Waals surface area contributed by atoms with Crippen molar-refractivity contribution in [2.75, 3.05) is 6.61 Å². The first-order chi connectivity index (χ1) is 10.2. The topological polar surface area (TPSA) is 26.3 Å². The molecule has 1 aliphatic heterocycles. The highest BCUT2D eigenvalue weighted by molar-refractivity contribution is 5.84. The fourth-order valence-electron chi connectivity index (χ4n) is 3.98. The molecule has 1 saturated heterocycles. The largest absolute Gasteiger partial charge is 0.465 e. The van der Waals surface area contributed by atoms with Crippen LogP contribution in [0.2, 0.25) is 0 Å². The Morgan fingerprint density at radius 3 is 2.86 bits per heavy atom. The van der Waals surface area contributed by atoms with Crippen LogP contribution in [-0.4, -0.2) is 12.6 Å². The van der Waals surface area contributed by atoms with E-state index in [1.54, 1.807) is 0 Å². The maximum absolute atomic E-state index is 12.3. The molecule has 0 N–H and O–H groups in total. The van der Waals surface area contributed by atoms with Crippen LogP contribution >= 0.6 is 0 Å². The Morgan fingerprint density at radius 2 is 2.00 bits per heavy atom. The van der Waals surface area contributed by atoms with Crippen LogP contribution in [0.25, 0.3) is 10.8 Å². The predicted molar refractivity (Wildman–Crippen MR) is 82.9 cm³/mol. The highest BCUT2D eigenvalue weighted by Gasteiger charge is 2.55. The standard InChI is InChI=1S/C19H18O2/c1-13-8-17-12-21-18(20)19(17,10-13)11-14-6-7-15-4-2-3-5-16(15)9-14/h2-7,9,17H,1,8,10-12H2/t17-,19?/m0/s1. The summed E-state index contributed by atoms with van der Waals surface area (Å²) >= 11 is 0. The second-order valence-electron chi connectivity index (χ2n) is 6.44. The van der Waals surface area contributed by atoms with Gasteiger partial charge in [-0.2, -0.15) is 0 Å². The van der Waals surface area contributed by atoms with Gasteiger partial charge in [-0.1, -0.05) is 54.6 Å². The van der Waals surface area contributed by atoms with Crippen LogP contribution in [0.4, 0.5) is 0 Å². The Morgan fingerprint density at radius 1 is 1.19 bits per heavy atom. The molecule has 1 unspecified atom stereocenters. The quantitative estimate of drug-likeness (QED) is 0.615. The summed E-state index contributed by atoms with van der Waals surface area (Å²) in [7, 11) is 0. The Bertz CT molecular complexity index is 746. The molecule has 1 aliphatic carbocycles. The van der Waals surface area contributed by atoms with Gasteiger partial charge in [-0.25, -0.2) is 0 Å². The van der Waals surface area contributed by atoms with Crippen molar-refractivity contribution in [2.24, 2.45) is 11.3 Å². The van der Waals surface area contributed by atoms with Gasteiger partial charge in [0.15, 0.2) is 0 Å². The van der Waals surface area contributed by atoms with E-state index in [1.165, 1.54) is 21.9 Å². The summed E-state index contributed by atoms with van der Waals surface area (Å²) in [5, 5.41) is 2.46. The second kappa shape index (κ2) is 4.45. The molecule has 21 heavy (non-hydrogen) atoms. The second-order valence-corrected chi connectivity index (χ2v) is 6.44. The number of fused-ring (bicyclic) bond motifs is 2. The van der Waals surface area contributed by atoms with Crippen LogP contribution in [-0.2, 0) is 16.0 Å². The zero-order valence-corrected chi connectivity index (χ0v) is 12.0. The van der Waals surface area contributed by atoms with Crippen molar-refractivity contribution in [3.8, 4) is 0 Å².